The van der Waals surface area contributed by atoms with E-state index in [1.165, 1.54) is 6.08 Å². The largest absolute Gasteiger partial charge is 0.358 e. The summed E-state index contributed by atoms with van der Waals surface area (Å²) >= 11 is 12.2. The molecule has 27 heavy (non-hydrogen) atoms. The molecule has 3 rings (SSSR count). The molecule has 7 heteroatoms. The van der Waals surface area contributed by atoms with Gasteiger partial charge in [0, 0.05) is 29.1 Å². The number of halogens is 2. The third-order valence-electron chi connectivity index (χ3n) is 3.59. The monoisotopic (exact) mass is 399 g/mol. The fraction of sp³-hybridized carbons (Fsp3) is 0.0500. The summed E-state index contributed by atoms with van der Waals surface area (Å²) in [7, 11) is 0. The average Bonchev–Trinajstić information content (AvgIpc) is 3.18. The Kier molecular flexibility index (Phi) is 6.41. The summed E-state index contributed by atoms with van der Waals surface area (Å²) in [5.41, 5.74) is 1.98. The molecule has 0 saturated carbocycles. The minimum absolute atomic E-state index is 0.330. The third kappa shape index (κ3) is 5.54. The van der Waals surface area contributed by atoms with Crippen molar-refractivity contribution in [2.24, 2.45) is 5.16 Å². The van der Waals surface area contributed by atoms with Crippen molar-refractivity contribution in [3.8, 4) is 0 Å². The van der Waals surface area contributed by atoms with Crippen molar-refractivity contribution in [2.45, 2.75) is 6.54 Å². The first-order chi connectivity index (χ1) is 13.1. The van der Waals surface area contributed by atoms with E-state index in [0.29, 0.717) is 27.9 Å². The average molecular weight is 400 g/mol. The zero-order valence-corrected chi connectivity index (χ0v) is 15.6. The molecule has 0 spiro atoms. The van der Waals surface area contributed by atoms with E-state index < -0.39 is 5.97 Å². The van der Waals surface area contributed by atoms with Gasteiger partial charge in [-0.15, -0.1) is 0 Å². The molecule has 1 aromatic heterocycles. The van der Waals surface area contributed by atoms with Crippen LogP contribution in [-0.4, -0.2) is 21.2 Å². The van der Waals surface area contributed by atoms with E-state index in [4.69, 9.17) is 28.0 Å². The second-order valence-electron chi connectivity index (χ2n) is 5.55. The molecule has 0 atom stereocenters. The zero-order chi connectivity index (χ0) is 19.1. The van der Waals surface area contributed by atoms with E-state index in [9.17, 15) is 4.79 Å². The van der Waals surface area contributed by atoms with Gasteiger partial charge >= 0.3 is 5.97 Å². The molecular weight excluding hydrogens is 385 g/mol. The first-order valence-electron chi connectivity index (χ1n) is 8.04. The molecule has 0 bridgehead atoms. The molecule has 0 aliphatic rings. The van der Waals surface area contributed by atoms with Crippen LogP contribution in [0.15, 0.2) is 78.5 Å². The van der Waals surface area contributed by atoms with Crippen molar-refractivity contribution in [1.82, 2.24) is 9.55 Å². The van der Waals surface area contributed by atoms with Crippen molar-refractivity contribution in [3.63, 3.8) is 0 Å². The molecule has 2 aromatic carbocycles. The predicted molar refractivity (Wildman–Crippen MR) is 107 cm³/mol. The van der Waals surface area contributed by atoms with E-state index in [0.717, 1.165) is 5.56 Å². The maximum atomic E-state index is 12.0. The van der Waals surface area contributed by atoms with Crippen LogP contribution in [0.5, 0.6) is 0 Å². The van der Waals surface area contributed by atoms with Gasteiger partial charge in [-0.2, -0.15) is 0 Å². The van der Waals surface area contributed by atoms with Crippen LogP contribution in [0.3, 0.4) is 0 Å². The summed E-state index contributed by atoms with van der Waals surface area (Å²) in [5, 5.41) is 4.93. The lowest BCUT2D eigenvalue weighted by Crippen LogP contribution is -2.13. The van der Waals surface area contributed by atoms with Gasteiger partial charge in [0.05, 0.1) is 17.9 Å². The first kappa shape index (κ1) is 18.9. The molecule has 0 fully saturated rings. The first-order valence-corrected chi connectivity index (χ1v) is 8.79. The number of hydrogen-bond acceptors (Lipinski definition) is 4. The van der Waals surface area contributed by atoms with Crippen molar-refractivity contribution < 1.29 is 9.63 Å². The minimum atomic E-state index is -0.591. The van der Waals surface area contributed by atoms with Gasteiger partial charge in [-0.25, -0.2) is 9.78 Å². The minimum Gasteiger partial charge on any atom is -0.331 e. The second kappa shape index (κ2) is 9.16. The van der Waals surface area contributed by atoms with Crippen LogP contribution in [0.4, 0.5) is 0 Å². The lowest BCUT2D eigenvalue weighted by atomic mass is 10.1. The maximum absolute atomic E-state index is 12.0. The van der Waals surface area contributed by atoms with Crippen LogP contribution < -0.4 is 0 Å². The molecule has 1 heterocycles. The highest BCUT2D eigenvalue weighted by Crippen LogP contribution is 2.22. The molecule has 0 amide bonds. The van der Waals surface area contributed by atoms with Gasteiger partial charge < -0.3 is 9.40 Å². The van der Waals surface area contributed by atoms with Gasteiger partial charge in [-0.3, -0.25) is 0 Å². The van der Waals surface area contributed by atoms with E-state index in [2.05, 4.69) is 10.1 Å². The summed E-state index contributed by atoms with van der Waals surface area (Å²) < 4.78 is 1.79. The fourth-order valence-corrected chi connectivity index (χ4v) is 2.82. The van der Waals surface area contributed by atoms with Crippen LogP contribution in [0.25, 0.3) is 6.08 Å². The van der Waals surface area contributed by atoms with E-state index >= 15 is 0 Å². The highest BCUT2D eigenvalue weighted by atomic mass is 35.5. The second-order valence-corrected chi connectivity index (χ2v) is 6.40. The molecule has 3 aromatic rings. The van der Waals surface area contributed by atoms with Gasteiger partial charge in [-0.1, -0.05) is 58.7 Å². The summed E-state index contributed by atoms with van der Waals surface area (Å²) in [6.45, 7) is 0.330. The normalized spacial score (nSPS) is 11.7. The van der Waals surface area contributed by atoms with Crippen molar-refractivity contribution >= 4 is 41.0 Å². The molecule has 0 saturated heterocycles. The van der Waals surface area contributed by atoms with E-state index in [1.54, 1.807) is 47.6 Å². The number of carbonyl (C=O) groups excluding carboxylic acids is 1. The van der Waals surface area contributed by atoms with Crippen molar-refractivity contribution in [3.05, 3.63) is 94.5 Å². The molecule has 0 aliphatic heterocycles. The third-order valence-corrected chi connectivity index (χ3v) is 4.14. The summed E-state index contributed by atoms with van der Waals surface area (Å²) in [5.74, 6) is -0.591. The number of rotatable bonds is 6. The van der Waals surface area contributed by atoms with Crippen molar-refractivity contribution in [1.29, 1.82) is 0 Å². The molecular formula is C20H15Cl2N3O2. The van der Waals surface area contributed by atoms with Gasteiger partial charge in [0.15, 0.2) is 0 Å². The van der Waals surface area contributed by atoms with Crippen LogP contribution >= 0.6 is 23.2 Å². The number of carbonyl (C=O) groups is 1. The lowest BCUT2D eigenvalue weighted by molar-refractivity contribution is -0.137. The highest BCUT2D eigenvalue weighted by Gasteiger charge is 2.12. The number of aromatic nitrogens is 2. The summed E-state index contributed by atoms with van der Waals surface area (Å²) in [6, 6.07) is 14.5. The smallest absolute Gasteiger partial charge is 0.331 e. The number of benzene rings is 2. The predicted octanol–water partition coefficient (Wildman–Crippen LogP) is 4.85. The molecule has 0 unspecified atom stereocenters. The Labute approximate surface area is 166 Å². The Morgan fingerprint density at radius 1 is 1.19 bits per heavy atom. The number of imidazole rings is 1. The zero-order valence-electron chi connectivity index (χ0n) is 14.1. The molecule has 0 radical (unpaired) electrons. The number of hydrogen-bond donors (Lipinski definition) is 0. The Morgan fingerprint density at radius 3 is 2.70 bits per heavy atom. The topological polar surface area (TPSA) is 56.5 Å². The Bertz CT molecular complexity index is 968. The Balaban J connectivity index is 1.79. The number of nitrogens with zero attached hydrogens (tertiary/aromatic N) is 3. The summed E-state index contributed by atoms with van der Waals surface area (Å²) in [4.78, 5) is 21.1. The Hall–Kier alpha value is -2.89. The van der Waals surface area contributed by atoms with E-state index in [1.807, 2.05) is 30.3 Å². The molecule has 0 aliphatic carbocycles. The van der Waals surface area contributed by atoms with Crippen LogP contribution in [-0.2, 0) is 16.2 Å². The molecule has 5 nitrogen and oxygen atoms in total. The fourth-order valence-electron chi connectivity index (χ4n) is 2.30. The molecule has 136 valence electrons. The number of oxime groups is 1. The van der Waals surface area contributed by atoms with Gasteiger partial charge in [-0.05, 0) is 29.8 Å². The summed E-state index contributed by atoms with van der Waals surface area (Å²) in [6.07, 6.45) is 8.03. The van der Waals surface area contributed by atoms with Gasteiger partial charge in [0.1, 0.15) is 5.71 Å². The van der Waals surface area contributed by atoms with Crippen LogP contribution in [0.1, 0.15) is 11.1 Å². The highest BCUT2D eigenvalue weighted by molar-refractivity contribution is 6.37. The quantitative estimate of drug-likeness (QED) is 0.257. The van der Waals surface area contributed by atoms with Crippen LogP contribution in [0.2, 0.25) is 10.0 Å². The lowest BCUT2D eigenvalue weighted by Gasteiger charge is -2.09. The van der Waals surface area contributed by atoms with E-state index in [-0.39, 0.29) is 0 Å². The molecule has 0 N–H and O–H groups in total. The van der Waals surface area contributed by atoms with Gasteiger partial charge in [0.2, 0.25) is 0 Å². The van der Waals surface area contributed by atoms with Gasteiger partial charge in [0.25, 0.3) is 0 Å². The standard InChI is InChI=1S/C20H15Cl2N3O2/c21-16-7-8-17(18(22)12-16)19(13-25-11-10-23-14-25)24-27-20(26)9-6-15-4-2-1-3-5-15/h1-12,14H,13H2/b9-6+,24-19+. The van der Waals surface area contributed by atoms with Crippen LogP contribution in [0, 0.1) is 0 Å². The van der Waals surface area contributed by atoms with Crippen molar-refractivity contribution in [2.75, 3.05) is 0 Å². The Morgan fingerprint density at radius 2 is 2.00 bits per heavy atom. The SMILES string of the molecule is O=C(/C=C/c1ccccc1)O/N=C(\Cn1ccnc1)c1ccc(Cl)cc1Cl. The maximum Gasteiger partial charge on any atom is 0.358 e.